The number of carboxylic acids is 1. The highest BCUT2D eigenvalue weighted by atomic mass is 16.4. The van der Waals surface area contributed by atoms with Crippen LogP contribution in [0.25, 0.3) is 11.0 Å². The summed E-state index contributed by atoms with van der Waals surface area (Å²) in [6, 6.07) is 7.12. The van der Waals surface area contributed by atoms with Gasteiger partial charge in [-0.05, 0) is 26.3 Å². The molecule has 0 aliphatic rings. The molecule has 3 N–H and O–H groups in total. The Morgan fingerprint density at radius 1 is 1.32 bits per heavy atom. The summed E-state index contributed by atoms with van der Waals surface area (Å²) in [5, 5.41) is 15.0. The van der Waals surface area contributed by atoms with Crippen LogP contribution in [0.4, 0.5) is 4.79 Å². The lowest BCUT2D eigenvalue weighted by atomic mass is 10.1. The third kappa shape index (κ3) is 3.78. The first-order valence-electron chi connectivity index (χ1n) is 7.23. The highest BCUT2D eigenvalue weighted by molar-refractivity contribution is 5.82. The smallest absolute Gasteiger partial charge is 0.315 e. The van der Waals surface area contributed by atoms with Crippen LogP contribution in [-0.4, -0.2) is 23.7 Å². The average Bonchev–Trinajstić information content (AvgIpc) is 2.81. The first kappa shape index (κ1) is 15.9. The summed E-state index contributed by atoms with van der Waals surface area (Å²) in [7, 11) is 0. The third-order valence-electron chi connectivity index (χ3n) is 3.47. The topological polar surface area (TPSA) is 91.6 Å². The van der Waals surface area contributed by atoms with Gasteiger partial charge in [0.1, 0.15) is 11.3 Å². The van der Waals surface area contributed by atoms with Crippen LogP contribution in [0.3, 0.4) is 0 Å². The van der Waals surface area contributed by atoms with Crippen molar-refractivity contribution < 1.29 is 19.1 Å². The molecule has 0 aliphatic heterocycles. The van der Waals surface area contributed by atoms with Gasteiger partial charge in [-0.3, -0.25) is 4.79 Å². The zero-order chi connectivity index (χ0) is 16.1. The molecule has 1 aromatic heterocycles. The van der Waals surface area contributed by atoms with Gasteiger partial charge in [0, 0.05) is 23.9 Å². The Morgan fingerprint density at radius 2 is 2.05 bits per heavy atom. The Balaban J connectivity index is 1.93. The number of aliphatic carboxylic acids is 1. The van der Waals surface area contributed by atoms with E-state index in [-0.39, 0.29) is 18.5 Å². The molecule has 118 valence electrons. The van der Waals surface area contributed by atoms with Crippen LogP contribution in [0.15, 0.2) is 28.7 Å². The van der Waals surface area contributed by atoms with Crippen molar-refractivity contribution in [3.05, 3.63) is 35.6 Å². The number of hydrogen-bond donors (Lipinski definition) is 3. The zero-order valence-corrected chi connectivity index (χ0v) is 12.7. The van der Waals surface area contributed by atoms with Crippen molar-refractivity contribution in [3.63, 3.8) is 0 Å². The summed E-state index contributed by atoms with van der Waals surface area (Å²) >= 11 is 0. The van der Waals surface area contributed by atoms with Crippen LogP contribution in [0.5, 0.6) is 0 Å². The minimum Gasteiger partial charge on any atom is -0.481 e. The number of para-hydroxylation sites is 1. The second-order valence-electron chi connectivity index (χ2n) is 5.21. The normalized spacial score (nSPS) is 12.1. The number of benzene rings is 1. The standard InChI is InChI=1S/C16H20N2O4/c1-10-12-6-3-4-7-13(12)22-15(10)11(2)18-16(21)17-9-5-8-14(19)20/h3-4,6-7,11H,5,8-9H2,1-2H3,(H,19,20)(H2,17,18,21)/t11-/m0/s1. The molecule has 0 radical (unpaired) electrons. The highest BCUT2D eigenvalue weighted by Gasteiger charge is 2.17. The van der Waals surface area contributed by atoms with Crippen molar-refractivity contribution in [1.82, 2.24) is 10.6 Å². The van der Waals surface area contributed by atoms with Crippen molar-refractivity contribution >= 4 is 23.0 Å². The quantitative estimate of drug-likeness (QED) is 0.715. The lowest BCUT2D eigenvalue weighted by Gasteiger charge is -2.13. The average molecular weight is 304 g/mol. The second kappa shape index (κ2) is 6.98. The third-order valence-corrected chi connectivity index (χ3v) is 3.47. The molecule has 0 aliphatic carbocycles. The number of nitrogens with one attached hydrogen (secondary N) is 2. The number of carbonyl (C=O) groups excluding carboxylic acids is 1. The predicted molar refractivity (Wildman–Crippen MR) is 82.8 cm³/mol. The van der Waals surface area contributed by atoms with Crippen molar-refractivity contribution in [2.45, 2.75) is 32.7 Å². The van der Waals surface area contributed by atoms with Gasteiger partial charge in [0.2, 0.25) is 0 Å². The lowest BCUT2D eigenvalue weighted by Crippen LogP contribution is -2.37. The molecule has 0 spiro atoms. The van der Waals surface area contributed by atoms with Crippen LogP contribution in [0, 0.1) is 6.92 Å². The Morgan fingerprint density at radius 3 is 2.73 bits per heavy atom. The first-order chi connectivity index (χ1) is 10.5. The van der Waals surface area contributed by atoms with E-state index in [0.29, 0.717) is 13.0 Å². The molecule has 2 amide bonds. The molecule has 6 heteroatoms. The van der Waals surface area contributed by atoms with E-state index in [0.717, 1.165) is 22.3 Å². The molecule has 0 saturated carbocycles. The Bertz CT molecular complexity index is 678. The van der Waals surface area contributed by atoms with Gasteiger partial charge in [0.25, 0.3) is 0 Å². The summed E-state index contributed by atoms with van der Waals surface area (Å²) < 4.78 is 5.80. The second-order valence-corrected chi connectivity index (χ2v) is 5.21. The maximum Gasteiger partial charge on any atom is 0.315 e. The van der Waals surface area contributed by atoms with Crippen molar-refractivity contribution in [3.8, 4) is 0 Å². The van der Waals surface area contributed by atoms with E-state index in [1.807, 2.05) is 38.1 Å². The van der Waals surface area contributed by atoms with Gasteiger partial charge < -0.3 is 20.2 Å². The van der Waals surface area contributed by atoms with Gasteiger partial charge in [-0.25, -0.2) is 4.79 Å². The molecular weight excluding hydrogens is 284 g/mol. The Labute approximate surface area is 128 Å². The summed E-state index contributed by atoms with van der Waals surface area (Å²) in [6.45, 7) is 4.13. The van der Waals surface area contributed by atoms with E-state index in [1.165, 1.54) is 0 Å². The number of hydrogen-bond acceptors (Lipinski definition) is 3. The van der Waals surface area contributed by atoms with Crippen molar-refractivity contribution in [1.29, 1.82) is 0 Å². The molecule has 0 bridgehead atoms. The molecule has 1 atom stereocenters. The Hall–Kier alpha value is -2.50. The number of carbonyl (C=O) groups is 2. The number of rotatable bonds is 6. The number of carboxylic acid groups (broad SMARTS) is 1. The van der Waals surface area contributed by atoms with E-state index < -0.39 is 5.97 Å². The minimum absolute atomic E-state index is 0.0402. The molecule has 22 heavy (non-hydrogen) atoms. The predicted octanol–water partition coefficient (Wildman–Crippen LogP) is 2.97. The first-order valence-corrected chi connectivity index (χ1v) is 7.23. The maximum atomic E-state index is 11.8. The van der Waals surface area contributed by atoms with Crippen LogP contribution >= 0.6 is 0 Å². The fourth-order valence-electron chi connectivity index (χ4n) is 2.36. The molecule has 1 heterocycles. The molecule has 0 unspecified atom stereocenters. The van der Waals surface area contributed by atoms with Crippen LogP contribution < -0.4 is 10.6 Å². The molecule has 0 fully saturated rings. The van der Waals surface area contributed by atoms with E-state index >= 15 is 0 Å². The van der Waals surface area contributed by atoms with E-state index in [4.69, 9.17) is 9.52 Å². The molecule has 1 aromatic carbocycles. The van der Waals surface area contributed by atoms with E-state index in [9.17, 15) is 9.59 Å². The van der Waals surface area contributed by atoms with Crippen LogP contribution in [-0.2, 0) is 4.79 Å². The highest BCUT2D eigenvalue weighted by Crippen LogP contribution is 2.28. The fourth-order valence-corrected chi connectivity index (χ4v) is 2.36. The molecule has 6 nitrogen and oxygen atoms in total. The monoisotopic (exact) mass is 304 g/mol. The largest absolute Gasteiger partial charge is 0.481 e. The van der Waals surface area contributed by atoms with E-state index in [1.54, 1.807) is 0 Å². The van der Waals surface area contributed by atoms with Gasteiger partial charge in [0.05, 0.1) is 6.04 Å². The number of urea groups is 1. The summed E-state index contributed by atoms with van der Waals surface area (Å²) in [4.78, 5) is 22.2. The molecule has 0 saturated heterocycles. The fraction of sp³-hybridized carbons (Fsp3) is 0.375. The lowest BCUT2D eigenvalue weighted by molar-refractivity contribution is -0.137. The van der Waals surface area contributed by atoms with Crippen molar-refractivity contribution in [2.75, 3.05) is 6.54 Å². The summed E-state index contributed by atoms with van der Waals surface area (Å²) in [6.07, 6.45) is 0.444. The number of aryl methyl sites for hydroxylation is 1. The minimum atomic E-state index is -0.867. The Kier molecular flexibility index (Phi) is 5.04. The molecule has 2 aromatic rings. The maximum absolute atomic E-state index is 11.8. The zero-order valence-electron chi connectivity index (χ0n) is 12.7. The van der Waals surface area contributed by atoms with Crippen LogP contribution in [0.1, 0.15) is 37.1 Å². The van der Waals surface area contributed by atoms with Crippen LogP contribution in [0.2, 0.25) is 0 Å². The summed E-state index contributed by atoms with van der Waals surface area (Å²) in [5.41, 5.74) is 1.81. The van der Waals surface area contributed by atoms with Gasteiger partial charge in [-0.15, -0.1) is 0 Å². The van der Waals surface area contributed by atoms with Gasteiger partial charge >= 0.3 is 12.0 Å². The number of amides is 2. The molecular formula is C16H20N2O4. The number of fused-ring (bicyclic) bond motifs is 1. The van der Waals surface area contributed by atoms with Gasteiger partial charge in [0.15, 0.2) is 0 Å². The van der Waals surface area contributed by atoms with E-state index in [2.05, 4.69) is 10.6 Å². The van der Waals surface area contributed by atoms with Gasteiger partial charge in [-0.2, -0.15) is 0 Å². The molecule has 2 rings (SSSR count). The van der Waals surface area contributed by atoms with Crippen molar-refractivity contribution in [2.24, 2.45) is 0 Å². The van der Waals surface area contributed by atoms with Gasteiger partial charge in [-0.1, -0.05) is 18.2 Å². The summed E-state index contributed by atoms with van der Waals surface area (Å²) in [5.74, 6) is -0.143. The SMILES string of the molecule is Cc1c([C@H](C)NC(=O)NCCCC(=O)O)oc2ccccc12. The number of furan rings is 1.